The first-order valence-corrected chi connectivity index (χ1v) is 8.35. The van der Waals surface area contributed by atoms with Gasteiger partial charge in [-0.3, -0.25) is 0 Å². The Morgan fingerprint density at radius 2 is 2.11 bits per heavy atom. The molecule has 1 saturated heterocycles. The van der Waals surface area contributed by atoms with Crippen molar-refractivity contribution in [2.75, 3.05) is 33.8 Å². The summed E-state index contributed by atoms with van der Waals surface area (Å²) in [5.41, 5.74) is 0. The van der Waals surface area contributed by atoms with Gasteiger partial charge in [0, 0.05) is 18.6 Å². The van der Waals surface area contributed by atoms with Crippen LogP contribution in [0.2, 0.25) is 0 Å². The highest BCUT2D eigenvalue weighted by atomic mass is 32.2. The van der Waals surface area contributed by atoms with Crippen LogP contribution in [0.4, 0.5) is 0 Å². The largest absolute Gasteiger partial charge is 0.395 e. The maximum Gasteiger partial charge on any atom is 0.280 e. The number of aliphatic hydroxyl groups excluding tert-OH is 1. The summed E-state index contributed by atoms with van der Waals surface area (Å²) in [6.07, 6.45) is 3.35. The predicted molar refractivity (Wildman–Crippen MR) is 76.1 cm³/mol. The molecular weight excluding hydrogens is 266 g/mol. The fourth-order valence-electron chi connectivity index (χ4n) is 2.31. The van der Waals surface area contributed by atoms with Gasteiger partial charge in [0.05, 0.1) is 6.61 Å². The van der Waals surface area contributed by atoms with Gasteiger partial charge in [-0.1, -0.05) is 6.42 Å². The van der Waals surface area contributed by atoms with Gasteiger partial charge < -0.3 is 10.0 Å². The number of nitrogens with one attached hydrogen (secondary N) is 1. The Bertz CT molecular complexity index is 359. The zero-order chi connectivity index (χ0) is 14.5. The number of hydrogen-bond donors (Lipinski definition) is 2. The number of rotatable bonds is 7. The van der Waals surface area contributed by atoms with Crippen molar-refractivity contribution in [2.24, 2.45) is 0 Å². The Kier molecular flexibility index (Phi) is 6.68. The van der Waals surface area contributed by atoms with Crippen LogP contribution in [0.25, 0.3) is 0 Å². The van der Waals surface area contributed by atoms with Crippen LogP contribution in [0.5, 0.6) is 0 Å². The minimum absolute atomic E-state index is 0.103. The van der Waals surface area contributed by atoms with Gasteiger partial charge in [-0.15, -0.1) is 0 Å². The van der Waals surface area contributed by atoms with E-state index in [2.05, 4.69) is 4.72 Å². The molecule has 1 aliphatic rings. The molecule has 2 N–H and O–H groups in total. The second-order valence-electron chi connectivity index (χ2n) is 5.56. The average molecular weight is 293 g/mol. The molecule has 1 rings (SSSR count). The van der Waals surface area contributed by atoms with Gasteiger partial charge in [-0.05, 0) is 46.8 Å². The predicted octanol–water partition coefficient (Wildman–Crippen LogP) is 0.00780. The van der Waals surface area contributed by atoms with Gasteiger partial charge in [0.1, 0.15) is 0 Å². The summed E-state index contributed by atoms with van der Waals surface area (Å²) < 4.78 is 28.7. The summed E-state index contributed by atoms with van der Waals surface area (Å²) in [5, 5.41) is 9.29. The molecule has 1 fully saturated rings. The van der Waals surface area contributed by atoms with Gasteiger partial charge in [-0.25, -0.2) is 0 Å². The molecule has 2 atom stereocenters. The van der Waals surface area contributed by atoms with Gasteiger partial charge in [0.25, 0.3) is 10.2 Å². The van der Waals surface area contributed by atoms with E-state index >= 15 is 0 Å². The summed E-state index contributed by atoms with van der Waals surface area (Å²) >= 11 is 0. The molecule has 0 aromatic heterocycles. The first-order chi connectivity index (χ1) is 8.86. The maximum atomic E-state index is 12.3. The molecule has 2 unspecified atom stereocenters. The van der Waals surface area contributed by atoms with E-state index in [1.165, 1.54) is 4.31 Å². The van der Waals surface area contributed by atoms with Gasteiger partial charge in [-0.2, -0.15) is 17.4 Å². The van der Waals surface area contributed by atoms with Crippen molar-refractivity contribution < 1.29 is 13.5 Å². The van der Waals surface area contributed by atoms with E-state index in [-0.39, 0.29) is 18.7 Å². The standard InChI is InChI=1S/C12H27N3O3S/c1-11(7-9-14(2)3)13-19(17,18)15-8-5-4-6-12(15)10-16/h11-13,16H,4-10H2,1-3H3. The van der Waals surface area contributed by atoms with Crippen molar-refractivity contribution in [2.45, 2.75) is 44.7 Å². The third-order valence-corrected chi connectivity index (χ3v) is 5.25. The van der Waals surface area contributed by atoms with Crippen LogP contribution in [0, 0.1) is 0 Å². The Morgan fingerprint density at radius 3 is 2.68 bits per heavy atom. The van der Waals surface area contributed by atoms with Crippen molar-refractivity contribution in [1.82, 2.24) is 13.9 Å². The van der Waals surface area contributed by atoms with Crippen LogP contribution < -0.4 is 4.72 Å². The zero-order valence-electron chi connectivity index (χ0n) is 12.2. The highest BCUT2D eigenvalue weighted by molar-refractivity contribution is 7.87. The molecule has 0 bridgehead atoms. The summed E-state index contributed by atoms with van der Waals surface area (Å²) in [5.74, 6) is 0. The van der Waals surface area contributed by atoms with E-state index < -0.39 is 10.2 Å². The Balaban J connectivity index is 2.58. The molecular formula is C12H27N3O3S. The van der Waals surface area contributed by atoms with Gasteiger partial charge in [0.2, 0.25) is 0 Å². The van der Waals surface area contributed by atoms with Crippen molar-refractivity contribution in [3.8, 4) is 0 Å². The van der Waals surface area contributed by atoms with Crippen molar-refractivity contribution in [1.29, 1.82) is 0 Å². The SMILES string of the molecule is CC(CCN(C)C)NS(=O)(=O)N1CCCCC1CO. The lowest BCUT2D eigenvalue weighted by Gasteiger charge is -2.34. The van der Waals surface area contributed by atoms with E-state index in [9.17, 15) is 13.5 Å². The van der Waals surface area contributed by atoms with Crippen LogP contribution in [0.1, 0.15) is 32.6 Å². The Hall–Kier alpha value is -0.210. The smallest absolute Gasteiger partial charge is 0.280 e. The average Bonchev–Trinajstić information content (AvgIpc) is 2.35. The normalized spacial score (nSPS) is 23.7. The minimum Gasteiger partial charge on any atom is -0.395 e. The van der Waals surface area contributed by atoms with E-state index in [4.69, 9.17) is 0 Å². The molecule has 1 aliphatic heterocycles. The van der Waals surface area contributed by atoms with Gasteiger partial charge in [0.15, 0.2) is 0 Å². The van der Waals surface area contributed by atoms with Crippen LogP contribution >= 0.6 is 0 Å². The Labute approximate surface area is 117 Å². The lowest BCUT2D eigenvalue weighted by Crippen LogP contribution is -2.52. The van der Waals surface area contributed by atoms with Crippen LogP contribution in [-0.2, 0) is 10.2 Å². The number of hydrogen-bond acceptors (Lipinski definition) is 4. The minimum atomic E-state index is -3.49. The topological polar surface area (TPSA) is 72.9 Å². The van der Waals surface area contributed by atoms with Crippen molar-refractivity contribution in [3.63, 3.8) is 0 Å². The molecule has 0 aromatic carbocycles. The zero-order valence-corrected chi connectivity index (χ0v) is 13.0. The van der Waals surface area contributed by atoms with E-state index in [0.717, 1.165) is 32.2 Å². The highest BCUT2D eigenvalue weighted by Gasteiger charge is 2.32. The Morgan fingerprint density at radius 1 is 1.42 bits per heavy atom. The fourth-order valence-corrected chi connectivity index (χ4v) is 4.00. The third kappa shape index (κ3) is 5.35. The van der Waals surface area contributed by atoms with Gasteiger partial charge >= 0.3 is 0 Å². The summed E-state index contributed by atoms with van der Waals surface area (Å²) in [4.78, 5) is 2.03. The quantitative estimate of drug-likeness (QED) is 0.693. The summed E-state index contributed by atoms with van der Waals surface area (Å²) in [6, 6.07) is -0.374. The molecule has 0 amide bonds. The molecule has 0 spiro atoms. The number of aliphatic hydroxyl groups is 1. The number of piperidine rings is 1. The first-order valence-electron chi connectivity index (χ1n) is 6.91. The van der Waals surface area contributed by atoms with Crippen LogP contribution in [-0.4, -0.2) is 68.6 Å². The third-order valence-electron chi connectivity index (χ3n) is 3.45. The second-order valence-corrected chi connectivity index (χ2v) is 7.21. The molecule has 1 heterocycles. The van der Waals surface area contributed by atoms with Crippen LogP contribution in [0.3, 0.4) is 0 Å². The maximum absolute atomic E-state index is 12.3. The fraction of sp³-hybridized carbons (Fsp3) is 1.00. The molecule has 114 valence electrons. The number of nitrogens with zero attached hydrogens (tertiary/aromatic N) is 2. The molecule has 0 aliphatic carbocycles. The second kappa shape index (κ2) is 7.54. The monoisotopic (exact) mass is 293 g/mol. The lowest BCUT2D eigenvalue weighted by atomic mass is 10.1. The van der Waals surface area contributed by atoms with E-state index in [1.54, 1.807) is 0 Å². The van der Waals surface area contributed by atoms with Crippen LogP contribution in [0.15, 0.2) is 0 Å². The van der Waals surface area contributed by atoms with E-state index in [1.807, 2.05) is 25.9 Å². The first kappa shape index (κ1) is 16.8. The molecule has 6 nitrogen and oxygen atoms in total. The highest BCUT2D eigenvalue weighted by Crippen LogP contribution is 2.19. The molecule has 0 radical (unpaired) electrons. The van der Waals surface area contributed by atoms with Crippen molar-refractivity contribution in [3.05, 3.63) is 0 Å². The molecule has 19 heavy (non-hydrogen) atoms. The molecule has 7 heteroatoms. The molecule has 0 aromatic rings. The lowest BCUT2D eigenvalue weighted by molar-refractivity contribution is 0.153. The van der Waals surface area contributed by atoms with E-state index in [0.29, 0.717) is 6.54 Å². The molecule has 0 saturated carbocycles. The summed E-state index contributed by atoms with van der Waals surface area (Å²) in [6.45, 7) is 3.11. The summed E-state index contributed by atoms with van der Waals surface area (Å²) in [7, 11) is 0.445. The van der Waals surface area contributed by atoms with Crippen molar-refractivity contribution >= 4 is 10.2 Å².